The fraction of sp³-hybridized carbons (Fsp3) is 0.375. The fourth-order valence-corrected chi connectivity index (χ4v) is 2.49. The average Bonchev–Trinajstić information content (AvgIpc) is 2.86. The van der Waals surface area contributed by atoms with E-state index in [1.54, 1.807) is 6.26 Å². The van der Waals surface area contributed by atoms with Crippen LogP contribution >= 0.6 is 11.8 Å². The number of thioether (sulfide) groups is 1. The number of carbonyl (C=O) groups excluding carboxylic acids is 1. The molecule has 0 saturated heterocycles. The molecule has 0 aliphatic rings. The molecule has 0 radical (unpaired) electrons. The summed E-state index contributed by atoms with van der Waals surface area (Å²) >= 11 is 1.53. The summed E-state index contributed by atoms with van der Waals surface area (Å²) in [6, 6.07) is 9.77. The largest absolute Gasteiger partial charge is 0.444 e. The van der Waals surface area contributed by atoms with Gasteiger partial charge in [-0.3, -0.25) is 4.79 Å². The van der Waals surface area contributed by atoms with Gasteiger partial charge in [0.05, 0.1) is 11.4 Å². The van der Waals surface area contributed by atoms with Crippen LogP contribution in [0.15, 0.2) is 41.0 Å². The maximum Gasteiger partial charge on any atom is 0.230 e. The topological polar surface area (TPSA) is 55.1 Å². The van der Waals surface area contributed by atoms with Crippen LogP contribution in [0.1, 0.15) is 26.5 Å². The standard InChI is InChI=1S/C16H20N2O2S/c1-16(2,3)18-14(19)11-21-10-13-9-20-15(17-13)12-7-5-4-6-8-12/h4-9H,10-11H2,1-3H3,(H,18,19). The summed E-state index contributed by atoms with van der Waals surface area (Å²) in [5.41, 5.74) is 1.62. The smallest absolute Gasteiger partial charge is 0.230 e. The Morgan fingerprint density at radius 2 is 2.00 bits per heavy atom. The first kappa shape index (κ1) is 15.6. The zero-order chi connectivity index (χ0) is 15.3. The van der Waals surface area contributed by atoms with Crippen molar-refractivity contribution in [2.45, 2.75) is 32.1 Å². The van der Waals surface area contributed by atoms with E-state index in [0.717, 1.165) is 11.3 Å². The van der Waals surface area contributed by atoms with E-state index in [2.05, 4.69) is 10.3 Å². The number of nitrogens with zero attached hydrogens (tertiary/aromatic N) is 1. The van der Waals surface area contributed by atoms with E-state index < -0.39 is 0 Å². The number of hydrogen-bond acceptors (Lipinski definition) is 4. The minimum Gasteiger partial charge on any atom is -0.444 e. The van der Waals surface area contributed by atoms with Crippen LogP contribution in [-0.4, -0.2) is 22.2 Å². The number of oxazole rings is 1. The maximum atomic E-state index is 11.7. The zero-order valence-electron chi connectivity index (χ0n) is 12.6. The Bertz CT molecular complexity index is 588. The van der Waals surface area contributed by atoms with Crippen LogP contribution in [0.4, 0.5) is 0 Å². The minimum absolute atomic E-state index is 0.0410. The van der Waals surface area contributed by atoms with E-state index in [1.807, 2.05) is 51.1 Å². The number of rotatable bonds is 5. The number of aromatic nitrogens is 1. The zero-order valence-corrected chi connectivity index (χ0v) is 13.4. The van der Waals surface area contributed by atoms with Crippen LogP contribution < -0.4 is 5.32 Å². The predicted molar refractivity (Wildman–Crippen MR) is 86.0 cm³/mol. The molecule has 1 amide bonds. The van der Waals surface area contributed by atoms with Crippen molar-refractivity contribution < 1.29 is 9.21 Å². The summed E-state index contributed by atoms with van der Waals surface area (Å²) in [6.45, 7) is 5.91. The van der Waals surface area contributed by atoms with E-state index in [4.69, 9.17) is 4.42 Å². The molecule has 0 atom stereocenters. The first-order valence-electron chi connectivity index (χ1n) is 6.82. The van der Waals surface area contributed by atoms with Crippen molar-refractivity contribution in [1.82, 2.24) is 10.3 Å². The molecule has 0 spiro atoms. The Balaban J connectivity index is 1.83. The molecule has 1 heterocycles. The third kappa shape index (κ3) is 5.27. The van der Waals surface area contributed by atoms with Gasteiger partial charge in [-0.2, -0.15) is 0 Å². The van der Waals surface area contributed by atoms with E-state index in [1.165, 1.54) is 11.8 Å². The molecular weight excluding hydrogens is 284 g/mol. The third-order valence-corrected chi connectivity index (χ3v) is 3.54. The van der Waals surface area contributed by atoms with Gasteiger partial charge < -0.3 is 9.73 Å². The van der Waals surface area contributed by atoms with Crippen LogP contribution in [0.2, 0.25) is 0 Å². The normalized spacial score (nSPS) is 11.4. The van der Waals surface area contributed by atoms with Crippen molar-refractivity contribution in [2.75, 3.05) is 5.75 Å². The van der Waals surface area contributed by atoms with Crippen molar-refractivity contribution >= 4 is 17.7 Å². The minimum atomic E-state index is -0.188. The number of amides is 1. The van der Waals surface area contributed by atoms with E-state index in [0.29, 0.717) is 17.4 Å². The molecule has 4 nitrogen and oxygen atoms in total. The summed E-state index contributed by atoms with van der Waals surface area (Å²) in [7, 11) is 0. The molecule has 5 heteroatoms. The van der Waals surface area contributed by atoms with Crippen LogP contribution in [0, 0.1) is 0 Å². The summed E-state index contributed by atoms with van der Waals surface area (Å²) in [4.78, 5) is 16.1. The van der Waals surface area contributed by atoms with Gasteiger partial charge in [0.15, 0.2) is 0 Å². The number of hydrogen-bond donors (Lipinski definition) is 1. The monoisotopic (exact) mass is 304 g/mol. The second-order valence-electron chi connectivity index (χ2n) is 5.80. The first-order chi connectivity index (χ1) is 9.94. The molecule has 112 valence electrons. The lowest BCUT2D eigenvalue weighted by atomic mass is 10.1. The van der Waals surface area contributed by atoms with Gasteiger partial charge in [-0.15, -0.1) is 11.8 Å². The molecular formula is C16H20N2O2S. The number of carbonyl (C=O) groups is 1. The number of nitrogens with one attached hydrogen (secondary N) is 1. The van der Waals surface area contributed by atoms with Crippen LogP contribution in [-0.2, 0) is 10.5 Å². The summed E-state index contributed by atoms with van der Waals surface area (Å²) in [5, 5.41) is 2.93. The first-order valence-corrected chi connectivity index (χ1v) is 7.98. The Kier molecular flexibility index (Phi) is 5.07. The second-order valence-corrected chi connectivity index (χ2v) is 6.79. The Morgan fingerprint density at radius 1 is 1.29 bits per heavy atom. The highest BCUT2D eigenvalue weighted by molar-refractivity contribution is 7.99. The van der Waals surface area contributed by atoms with Gasteiger partial charge in [-0.25, -0.2) is 4.98 Å². The molecule has 2 aromatic rings. The molecule has 1 N–H and O–H groups in total. The highest BCUT2D eigenvalue weighted by Gasteiger charge is 2.14. The van der Waals surface area contributed by atoms with E-state index >= 15 is 0 Å². The lowest BCUT2D eigenvalue weighted by molar-refractivity contribution is -0.119. The molecule has 0 aliphatic carbocycles. The third-order valence-electron chi connectivity index (χ3n) is 2.57. The molecule has 21 heavy (non-hydrogen) atoms. The van der Waals surface area contributed by atoms with Gasteiger partial charge in [0.2, 0.25) is 11.8 Å². The van der Waals surface area contributed by atoms with Gasteiger partial charge in [0, 0.05) is 16.9 Å². The van der Waals surface area contributed by atoms with Crippen molar-refractivity contribution in [1.29, 1.82) is 0 Å². The molecule has 2 rings (SSSR count). The Hall–Kier alpha value is -1.75. The summed E-state index contributed by atoms with van der Waals surface area (Å²) in [6.07, 6.45) is 1.65. The molecule has 0 unspecified atom stereocenters. The van der Waals surface area contributed by atoms with E-state index in [-0.39, 0.29) is 11.4 Å². The van der Waals surface area contributed by atoms with Crippen molar-refractivity contribution in [3.63, 3.8) is 0 Å². The lowest BCUT2D eigenvalue weighted by Gasteiger charge is -2.20. The SMILES string of the molecule is CC(C)(C)NC(=O)CSCc1coc(-c2ccccc2)n1. The quantitative estimate of drug-likeness (QED) is 0.918. The molecule has 0 aliphatic heterocycles. The van der Waals surface area contributed by atoms with Crippen molar-refractivity contribution in [2.24, 2.45) is 0 Å². The number of benzene rings is 1. The van der Waals surface area contributed by atoms with Crippen molar-refractivity contribution in [3.05, 3.63) is 42.3 Å². The molecule has 0 saturated carbocycles. The van der Waals surface area contributed by atoms with Crippen LogP contribution in [0.3, 0.4) is 0 Å². The fourth-order valence-electron chi connectivity index (χ4n) is 1.79. The van der Waals surface area contributed by atoms with Gasteiger partial charge >= 0.3 is 0 Å². The highest BCUT2D eigenvalue weighted by Crippen LogP contribution is 2.20. The van der Waals surface area contributed by atoms with Gasteiger partial charge in [-0.1, -0.05) is 18.2 Å². The van der Waals surface area contributed by atoms with Crippen molar-refractivity contribution in [3.8, 4) is 11.5 Å². The van der Waals surface area contributed by atoms with Crippen LogP contribution in [0.25, 0.3) is 11.5 Å². The summed E-state index contributed by atoms with van der Waals surface area (Å²) < 4.78 is 5.46. The van der Waals surface area contributed by atoms with Gasteiger partial charge in [-0.05, 0) is 32.9 Å². The van der Waals surface area contributed by atoms with Crippen LogP contribution in [0.5, 0.6) is 0 Å². The Morgan fingerprint density at radius 3 is 2.67 bits per heavy atom. The predicted octanol–water partition coefficient (Wildman–Crippen LogP) is 3.49. The van der Waals surface area contributed by atoms with Gasteiger partial charge in [0.1, 0.15) is 6.26 Å². The lowest BCUT2D eigenvalue weighted by Crippen LogP contribution is -2.41. The Labute approximate surface area is 129 Å². The average molecular weight is 304 g/mol. The summed E-state index contributed by atoms with van der Waals surface area (Å²) in [5.74, 6) is 1.74. The highest BCUT2D eigenvalue weighted by atomic mass is 32.2. The molecule has 0 fully saturated rings. The molecule has 1 aromatic carbocycles. The molecule has 1 aromatic heterocycles. The second kappa shape index (κ2) is 6.80. The molecule has 0 bridgehead atoms. The maximum absolute atomic E-state index is 11.7. The van der Waals surface area contributed by atoms with E-state index in [9.17, 15) is 4.79 Å². The van der Waals surface area contributed by atoms with Gasteiger partial charge in [0.25, 0.3) is 0 Å².